The topological polar surface area (TPSA) is 57.5 Å². The summed E-state index contributed by atoms with van der Waals surface area (Å²) < 4.78 is 0.854. The molecule has 0 radical (unpaired) electrons. The van der Waals surface area contributed by atoms with E-state index in [-0.39, 0.29) is 12.2 Å². The smallest absolute Gasteiger partial charge is 0.303 e. The van der Waals surface area contributed by atoms with E-state index >= 15 is 0 Å². The fourth-order valence-electron chi connectivity index (χ4n) is 1.31. The molecule has 3 nitrogen and oxygen atoms in total. The third kappa shape index (κ3) is 3.55. The first-order valence-electron chi connectivity index (χ1n) is 4.70. The minimum Gasteiger partial charge on any atom is -0.508 e. The SMILES string of the molecule is Cc1c(O)cc(CCCC(=O)O)cc1Br. The summed E-state index contributed by atoms with van der Waals surface area (Å²) in [4.78, 5) is 10.3. The van der Waals surface area contributed by atoms with Crippen molar-refractivity contribution in [3.05, 3.63) is 27.7 Å². The Labute approximate surface area is 96.9 Å². The van der Waals surface area contributed by atoms with Crippen molar-refractivity contribution in [2.75, 3.05) is 0 Å². The lowest BCUT2D eigenvalue weighted by atomic mass is 10.1. The summed E-state index contributed by atoms with van der Waals surface area (Å²) >= 11 is 3.34. The van der Waals surface area contributed by atoms with E-state index in [9.17, 15) is 9.90 Å². The molecule has 0 spiro atoms. The first kappa shape index (κ1) is 12.0. The number of halogens is 1. The molecule has 0 saturated carbocycles. The highest BCUT2D eigenvalue weighted by molar-refractivity contribution is 9.10. The van der Waals surface area contributed by atoms with E-state index in [2.05, 4.69) is 15.9 Å². The number of aryl methyl sites for hydroxylation is 1. The molecule has 0 amide bonds. The normalized spacial score (nSPS) is 10.3. The zero-order chi connectivity index (χ0) is 11.4. The molecule has 0 atom stereocenters. The molecule has 1 rings (SSSR count). The summed E-state index contributed by atoms with van der Waals surface area (Å²) in [6.45, 7) is 1.82. The molecule has 0 aromatic heterocycles. The Morgan fingerprint density at radius 3 is 2.67 bits per heavy atom. The molecule has 15 heavy (non-hydrogen) atoms. The number of aromatic hydroxyl groups is 1. The van der Waals surface area contributed by atoms with Crippen LogP contribution in [-0.2, 0) is 11.2 Å². The van der Waals surface area contributed by atoms with Crippen LogP contribution in [0.15, 0.2) is 16.6 Å². The lowest BCUT2D eigenvalue weighted by Crippen LogP contribution is -1.96. The van der Waals surface area contributed by atoms with Crippen molar-refractivity contribution < 1.29 is 15.0 Å². The largest absolute Gasteiger partial charge is 0.508 e. The van der Waals surface area contributed by atoms with Crippen molar-refractivity contribution in [3.8, 4) is 5.75 Å². The Bertz CT molecular complexity index is 351. The van der Waals surface area contributed by atoms with Crippen LogP contribution in [-0.4, -0.2) is 16.2 Å². The van der Waals surface area contributed by atoms with Gasteiger partial charge in [-0.3, -0.25) is 4.79 Å². The summed E-state index contributed by atoms with van der Waals surface area (Å²) in [5, 5.41) is 18.0. The van der Waals surface area contributed by atoms with E-state index < -0.39 is 5.97 Å². The molecular formula is C11H13BrO3. The molecule has 0 aliphatic carbocycles. The summed E-state index contributed by atoms with van der Waals surface area (Å²) in [5.41, 5.74) is 1.75. The zero-order valence-electron chi connectivity index (χ0n) is 8.46. The van der Waals surface area contributed by atoms with Crippen LogP contribution in [0.4, 0.5) is 0 Å². The summed E-state index contributed by atoms with van der Waals surface area (Å²) in [5.74, 6) is -0.542. The third-order valence-corrected chi connectivity index (χ3v) is 3.06. The van der Waals surface area contributed by atoms with Gasteiger partial charge in [0.2, 0.25) is 0 Å². The summed E-state index contributed by atoms with van der Waals surface area (Å²) in [6.07, 6.45) is 1.41. The molecule has 82 valence electrons. The molecule has 1 aromatic carbocycles. The molecule has 0 bridgehead atoms. The fraction of sp³-hybridized carbons (Fsp3) is 0.364. The van der Waals surface area contributed by atoms with Crippen molar-refractivity contribution in [1.82, 2.24) is 0 Å². The first-order valence-corrected chi connectivity index (χ1v) is 5.50. The molecular weight excluding hydrogens is 260 g/mol. The predicted octanol–water partition coefficient (Wildman–Crippen LogP) is 2.87. The van der Waals surface area contributed by atoms with E-state index in [0.717, 1.165) is 15.6 Å². The lowest BCUT2D eigenvalue weighted by molar-refractivity contribution is -0.137. The van der Waals surface area contributed by atoms with Crippen LogP contribution in [0.5, 0.6) is 5.75 Å². The number of phenolic OH excluding ortho intramolecular Hbond substituents is 1. The van der Waals surface area contributed by atoms with Gasteiger partial charge in [-0.2, -0.15) is 0 Å². The Hall–Kier alpha value is -1.03. The van der Waals surface area contributed by atoms with E-state index in [1.54, 1.807) is 6.07 Å². The number of hydrogen-bond donors (Lipinski definition) is 2. The predicted molar refractivity (Wildman–Crippen MR) is 61.1 cm³/mol. The number of carbonyl (C=O) groups is 1. The second-order valence-electron chi connectivity index (χ2n) is 3.47. The Morgan fingerprint density at radius 1 is 1.47 bits per heavy atom. The van der Waals surface area contributed by atoms with Crippen LogP contribution >= 0.6 is 15.9 Å². The van der Waals surface area contributed by atoms with Gasteiger partial charge in [0, 0.05) is 16.5 Å². The van der Waals surface area contributed by atoms with Gasteiger partial charge in [0.15, 0.2) is 0 Å². The maximum atomic E-state index is 10.3. The second-order valence-corrected chi connectivity index (χ2v) is 4.32. The molecule has 0 heterocycles. The molecule has 0 fully saturated rings. The minimum absolute atomic E-state index is 0.159. The Balaban J connectivity index is 2.66. The number of rotatable bonds is 4. The van der Waals surface area contributed by atoms with Crippen LogP contribution in [0.3, 0.4) is 0 Å². The van der Waals surface area contributed by atoms with E-state index in [4.69, 9.17) is 5.11 Å². The van der Waals surface area contributed by atoms with Gasteiger partial charge >= 0.3 is 5.97 Å². The Kier molecular flexibility index (Phi) is 4.15. The first-order chi connectivity index (χ1) is 7.00. The maximum absolute atomic E-state index is 10.3. The van der Waals surface area contributed by atoms with Crippen molar-refractivity contribution in [3.63, 3.8) is 0 Å². The highest BCUT2D eigenvalue weighted by Gasteiger charge is 2.05. The Morgan fingerprint density at radius 2 is 2.13 bits per heavy atom. The van der Waals surface area contributed by atoms with E-state index in [0.29, 0.717) is 12.8 Å². The number of aliphatic carboxylic acids is 1. The van der Waals surface area contributed by atoms with Crippen LogP contribution in [0, 0.1) is 6.92 Å². The van der Waals surface area contributed by atoms with Crippen molar-refractivity contribution in [2.24, 2.45) is 0 Å². The maximum Gasteiger partial charge on any atom is 0.303 e. The minimum atomic E-state index is -0.787. The number of phenols is 1. The molecule has 2 N–H and O–H groups in total. The quantitative estimate of drug-likeness (QED) is 0.886. The number of benzene rings is 1. The average Bonchev–Trinajstić information content (AvgIpc) is 2.13. The zero-order valence-corrected chi connectivity index (χ0v) is 10.0. The van der Waals surface area contributed by atoms with Crippen molar-refractivity contribution in [1.29, 1.82) is 0 Å². The van der Waals surface area contributed by atoms with Gasteiger partial charge in [0.25, 0.3) is 0 Å². The van der Waals surface area contributed by atoms with Gasteiger partial charge < -0.3 is 10.2 Å². The number of hydrogen-bond acceptors (Lipinski definition) is 2. The van der Waals surface area contributed by atoms with E-state index in [1.165, 1.54) is 0 Å². The molecule has 0 aliphatic rings. The fourth-order valence-corrected chi connectivity index (χ4v) is 1.80. The third-order valence-electron chi connectivity index (χ3n) is 2.23. The van der Waals surface area contributed by atoms with Crippen molar-refractivity contribution >= 4 is 21.9 Å². The second kappa shape index (κ2) is 5.16. The summed E-state index contributed by atoms with van der Waals surface area (Å²) in [7, 11) is 0. The van der Waals surface area contributed by atoms with Gasteiger partial charge in [0.1, 0.15) is 5.75 Å². The average molecular weight is 273 g/mol. The van der Waals surface area contributed by atoms with Crippen molar-refractivity contribution in [2.45, 2.75) is 26.2 Å². The van der Waals surface area contributed by atoms with Crippen LogP contribution in [0.2, 0.25) is 0 Å². The molecule has 0 saturated heterocycles. The van der Waals surface area contributed by atoms with Gasteiger partial charge in [0.05, 0.1) is 0 Å². The van der Waals surface area contributed by atoms with Crippen LogP contribution < -0.4 is 0 Å². The highest BCUT2D eigenvalue weighted by Crippen LogP contribution is 2.27. The van der Waals surface area contributed by atoms with Gasteiger partial charge in [-0.05, 0) is 37.5 Å². The van der Waals surface area contributed by atoms with Gasteiger partial charge in [-0.15, -0.1) is 0 Å². The van der Waals surface area contributed by atoms with Crippen LogP contribution in [0.25, 0.3) is 0 Å². The molecule has 0 aliphatic heterocycles. The summed E-state index contributed by atoms with van der Waals surface area (Å²) in [6, 6.07) is 3.60. The molecule has 1 aromatic rings. The molecule has 0 unspecified atom stereocenters. The number of carboxylic acid groups (broad SMARTS) is 1. The molecule has 4 heteroatoms. The highest BCUT2D eigenvalue weighted by atomic mass is 79.9. The van der Waals surface area contributed by atoms with E-state index in [1.807, 2.05) is 13.0 Å². The monoisotopic (exact) mass is 272 g/mol. The van der Waals surface area contributed by atoms with Crippen LogP contribution in [0.1, 0.15) is 24.0 Å². The standard InChI is InChI=1S/C11H13BrO3/c1-7-9(12)5-8(6-10(7)13)3-2-4-11(14)15/h5-6,13H,2-4H2,1H3,(H,14,15). The number of carboxylic acids is 1. The lowest BCUT2D eigenvalue weighted by Gasteiger charge is -2.06. The van der Waals surface area contributed by atoms with Gasteiger partial charge in [-0.25, -0.2) is 0 Å². The van der Waals surface area contributed by atoms with Gasteiger partial charge in [-0.1, -0.05) is 15.9 Å².